The van der Waals surface area contributed by atoms with E-state index in [0.29, 0.717) is 43.2 Å². The molecule has 1 saturated heterocycles. The number of nitrogens with zero attached hydrogens (tertiary/aromatic N) is 1. The lowest BCUT2D eigenvalue weighted by molar-refractivity contribution is -0.143. The summed E-state index contributed by atoms with van der Waals surface area (Å²) in [5.41, 5.74) is 1.49. The molecule has 37 heavy (non-hydrogen) atoms. The van der Waals surface area contributed by atoms with Gasteiger partial charge in [0.2, 0.25) is 0 Å². The Bertz CT molecular complexity index is 1130. The van der Waals surface area contributed by atoms with Crippen molar-refractivity contribution in [2.75, 3.05) is 26.2 Å². The van der Waals surface area contributed by atoms with Gasteiger partial charge in [-0.2, -0.15) is 13.2 Å². The first kappa shape index (κ1) is 28.4. The first-order valence-electron chi connectivity index (χ1n) is 12.0. The maximum atomic E-state index is 13.5. The van der Waals surface area contributed by atoms with E-state index in [9.17, 15) is 23.1 Å². The van der Waals surface area contributed by atoms with E-state index in [1.807, 2.05) is 12.1 Å². The van der Waals surface area contributed by atoms with Crippen LogP contribution in [0, 0.1) is 5.92 Å². The lowest BCUT2D eigenvalue weighted by atomic mass is 9.97. The molecule has 0 spiro atoms. The molecule has 4 rings (SSSR count). The van der Waals surface area contributed by atoms with Crippen LogP contribution in [0.5, 0.6) is 17.2 Å². The Labute approximate surface area is 215 Å². The third-order valence-electron chi connectivity index (χ3n) is 6.16. The van der Waals surface area contributed by atoms with Crippen molar-refractivity contribution in [3.63, 3.8) is 0 Å². The number of benzene rings is 2. The molecule has 9 heteroatoms. The van der Waals surface area contributed by atoms with Crippen LogP contribution < -0.4 is 14.2 Å². The fourth-order valence-corrected chi connectivity index (χ4v) is 4.47. The predicted octanol–water partition coefficient (Wildman–Crippen LogP) is 6.28. The van der Waals surface area contributed by atoms with Crippen LogP contribution in [0.15, 0.2) is 42.0 Å². The van der Waals surface area contributed by atoms with Gasteiger partial charge in [-0.1, -0.05) is 13.5 Å². The number of aliphatic carboxylic acids is 1. The molecule has 1 N–H and O–H groups in total. The van der Waals surface area contributed by atoms with Gasteiger partial charge in [0.15, 0.2) is 0 Å². The molecule has 2 aliphatic rings. The third kappa shape index (κ3) is 7.41. The van der Waals surface area contributed by atoms with E-state index in [1.165, 1.54) is 6.07 Å². The SMILES string of the molecule is C.CC(C)Oc1ccc(COc2ccc3c(c2)OCC(CN2CCC[C@@H](C(=O)O)C2)=C3)cc1C(F)(F)F. The Balaban J connectivity index is 0.00000380. The fraction of sp³-hybridized carbons (Fsp3) is 0.464. The smallest absolute Gasteiger partial charge is 0.419 e. The number of carboxylic acid groups (broad SMARTS) is 1. The molecule has 1 fully saturated rings. The zero-order valence-electron chi connectivity index (χ0n) is 20.3. The van der Waals surface area contributed by atoms with Crippen molar-refractivity contribution in [2.24, 2.45) is 5.92 Å². The molecule has 2 heterocycles. The Morgan fingerprint density at radius 3 is 2.70 bits per heavy atom. The predicted molar refractivity (Wildman–Crippen MR) is 135 cm³/mol. The van der Waals surface area contributed by atoms with Gasteiger partial charge in [0, 0.05) is 24.7 Å². The molecule has 2 aromatic rings. The number of hydrogen-bond donors (Lipinski definition) is 1. The van der Waals surface area contributed by atoms with Gasteiger partial charge in [-0.05, 0) is 74.7 Å². The maximum absolute atomic E-state index is 13.5. The number of carboxylic acids is 1. The number of rotatable bonds is 8. The zero-order valence-corrected chi connectivity index (χ0v) is 20.3. The molecular weight excluding hydrogens is 487 g/mol. The van der Waals surface area contributed by atoms with E-state index >= 15 is 0 Å². The summed E-state index contributed by atoms with van der Waals surface area (Å²) >= 11 is 0. The van der Waals surface area contributed by atoms with E-state index in [4.69, 9.17) is 14.2 Å². The Hall–Kier alpha value is -3.20. The summed E-state index contributed by atoms with van der Waals surface area (Å²) in [6, 6.07) is 9.27. The number of fused-ring (bicyclic) bond motifs is 1. The summed E-state index contributed by atoms with van der Waals surface area (Å²) < 4.78 is 57.5. The first-order valence-corrected chi connectivity index (χ1v) is 12.0. The van der Waals surface area contributed by atoms with Crippen molar-refractivity contribution >= 4 is 12.0 Å². The molecule has 2 aliphatic heterocycles. The van der Waals surface area contributed by atoms with Gasteiger partial charge in [-0.3, -0.25) is 9.69 Å². The quantitative estimate of drug-likeness (QED) is 0.441. The minimum atomic E-state index is -4.54. The molecule has 0 unspecified atom stereocenters. The largest absolute Gasteiger partial charge is 0.490 e. The molecule has 202 valence electrons. The lowest BCUT2D eigenvalue weighted by Gasteiger charge is -2.32. The lowest BCUT2D eigenvalue weighted by Crippen LogP contribution is -2.40. The number of piperidine rings is 1. The second-order valence-corrected chi connectivity index (χ2v) is 9.49. The van der Waals surface area contributed by atoms with Crippen molar-refractivity contribution in [1.29, 1.82) is 0 Å². The molecule has 0 radical (unpaired) electrons. The number of alkyl halides is 3. The van der Waals surface area contributed by atoms with Crippen LogP contribution in [-0.4, -0.2) is 48.3 Å². The second-order valence-electron chi connectivity index (χ2n) is 9.49. The summed E-state index contributed by atoms with van der Waals surface area (Å²) in [6.07, 6.45) is -1.30. The number of halogens is 3. The highest BCUT2D eigenvalue weighted by molar-refractivity contribution is 5.70. The first-order chi connectivity index (χ1) is 17.1. The molecule has 0 aliphatic carbocycles. The highest BCUT2D eigenvalue weighted by Gasteiger charge is 2.35. The van der Waals surface area contributed by atoms with Crippen molar-refractivity contribution in [1.82, 2.24) is 4.90 Å². The molecule has 2 aromatic carbocycles. The average Bonchev–Trinajstić information content (AvgIpc) is 2.82. The number of ether oxygens (including phenoxy) is 3. The monoisotopic (exact) mass is 521 g/mol. The van der Waals surface area contributed by atoms with Crippen LogP contribution in [0.2, 0.25) is 0 Å². The topological polar surface area (TPSA) is 68.2 Å². The van der Waals surface area contributed by atoms with E-state index in [1.54, 1.807) is 32.0 Å². The number of hydrogen-bond acceptors (Lipinski definition) is 5. The molecule has 6 nitrogen and oxygen atoms in total. The maximum Gasteiger partial charge on any atom is 0.419 e. The van der Waals surface area contributed by atoms with Crippen molar-refractivity contribution in [2.45, 2.75) is 53.0 Å². The molecule has 0 saturated carbocycles. The average molecular weight is 522 g/mol. The van der Waals surface area contributed by atoms with Gasteiger partial charge < -0.3 is 19.3 Å². The van der Waals surface area contributed by atoms with Gasteiger partial charge in [0.25, 0.3) is 0 Å². The minimum Gasteiger partial charge on any atom is -0.490 e. The number of likely N-dealkylation sites (tertiary alicyclic amines) is 1. The van der Waals surface area contributed by atoms with E-state index in [0.717, 1.165) is 30.2 Å². The molecule has 0 amide bonds. The van der Waals surface area contributed by atoms with Crippen LogP contribution in [-0.2, 0) is 17.6 Å². The van der Waals surface area contributed by atoms with Gasteiger partial charge >= 0.3 is 12.1 Å². The highest BCUT2D eigenvalue weighted by atomic mass is 19.4. The second kappa shape index (κ2) is 11.9. The summed E-state index contributed by atoms with van der Waals surface area (Å²) in [4.78, 5) is 13.5. The summed E-state index contributed by atoms with van der Waals surface area (Å²) in [6.45, 7) is 5.75. The summed E-state index contributed by atoms with van der Waals surface area (Å²) in [7, 11) is 0. The Kier molecular flexibility index (Phi) is 9.12. The molecule has 1 atom stereocenters. The normalized spacial score (nSPS) is 17.8. The summed E-state index contributed by atoms with van der Waals surface area (Å²) in [5, 5.41) is 9.29. The molecular formula is C28H34F3NO5. The van der Waals surface area contributed by atoms with Crippen LogP contribution in [0.1, 0.15) is 50.8 Å². The van der Waals surface area contributed by atoms with Crippen molar-refractivity contribution in [3.05, 3.63) is 58.7 Å². The zero-order chi connectivity index (χ0) is 25.9. The highest BCUT2D eigenvalue weighted by Crippen LogP contribution is 2.38. The van der Waals surface area contributed by atoms with E-state index < -0.39 is 17.7 Å². The minimum absolute atomic E-state index is 0. The Morgan fingerprint density at radius 2 is 2.00 bits per heavy atom. The van der Waals surface area contributed by atoms with Crippen molar-refractivity contribution in [3.8, 4) is 17.2 Å². The molecule has 0 aromatic heterocycles. The van der Waals surface area contributed by atoms with Crippen molar-refractivity contribution < 1.29 is 37.3 Å². The van der Waals surface area contributed by atoms with Gasteiger partial charge in [0.1, 0.15) is 30.5 Å². The van der Waals surface area contributed by atoms with Crippen LogP contribution in [0.25, 0.3) is 6.08 Å². The van der Waals surface area contributed by atoms with Crippen LogP contribution in [0.3, 0.4) is 0 Å². The Morgan fingerprint density at radius 1 is 1.22 bits per heavy atom. The van der Waals surface area contributed by atoms with Gasteiger partial charge in [-0.15, -0.1) is 0 Å². The van der Waals surface area contributed by atoms with Gasteiger partial charge in [0.05, 0.1) is 17.6 Å². The fourth-order valence-electron chi connectivity index (χ4n) is 4.47. The van der Waals surface area contributed by atoms with E-state index in [-0.39, 0.29) is 31.8 Å². The van der Waals surface area contributed by atoms with Gasteiger partial charge in [-0.25, -0.2) is 0 Å². The summed E-state index contributed by atoms with van der Waals surface area (Å²) in [5.74, 6) is -0.158. The number of carbonyl (C=O) groups is 1. The van der Waals surface area contributed by atoms with Crippen LogP contribution >= 0.6 is 0 Å². The van der Waals surface area contributed by atoms with Crippen LogP contribution in [0.4, 0.5) is 13.2 Å². The standard InChI is InChI=1S/C27H30F3NO5.CH4/c1-17(2)36-24-8-5-18(11-23(24)27(28,29)30)15-34-22-7-6-20-10-19(16-35-25(20)12-22)13-31-9-3-4-21(14-31)26(32)33;/h5-8,10-12,17,21H,3-4,9,13-16H2,1-2H3,(H,32,33);1H4/t21-;/m1./s1. The molecule has 0 bridgehead atoms. The third-order valence-corrected chi connectivity index (χ3v) is 6.16. The van der Waals surface area contributed by atoms with E-state index in [2.05, 4.69) is 4.90 Å².